The van der Waals surface area contributed by atoms with Crippen molar-refractivity contribution in [1.29, 1.82) is 0 Å². The lowest BCUT2D eigenvalue weighted by Gasteiger charge is -2.28. The molecule has 0 radical (unpaired) electrons. The number of carbonyl (C=O) groups excluding carboxylic acids is 4. The van der Waals surface area contributed by atoms with Crippen LogP contribution in [0.3, 0.4) is 0 Å². The summed E-state index contributed by atoms with van der Waals surface area (Å²) in [6, 6.07) is 16.8. The van der Waals surface area contributed by atoms with Crippen LogP contribution in [-0.4, -0.2) is 105 Å². The molecule has 1 aliphatic heterocycles. The number of benzene rings is 2. The van der Waals surface area contributed by atoms with E-state index in [2.05, 4.69) is 16.0 Å². The number of ketones is 1. The van der Waals surface area contributed by atoms with Crippen LogP contribution in [0.5, 0.6) is 0 Å². The molecule has 0 spiro atoms. The van der Waals surface area contributed by atoms with Gasteiger partial charge in [-0.05, 0) is 55.6 Å². The minimum Gasteiger partial charge on any atom is -0.382 e. The van der Waals surface area contributed by atoms with Crippen LogP contribution in [0.1, 0.15) is 65.0 Å². The third-order valence-corrected chi connectivity index (χ3v) is 10.1. The van der Waals surface area contributed by atoms with E-state index in [1.54, 1.807) is 14.0 Å². The van der Waals surface area contributed by atoms with E-state index in [-0.39, 0.29) is 29.9 Å². The molecule has 2 aromatic rings. The Balaban J connectivity index is 1.73. The Morgan fingerprint density at radius 1 is 0.717 bits per heavy atom. The summed E-state index contributed by atoms with van der Waals surface area (Å²) in [4.78, 5) is 55.3. The van der Waals surface area contributed by atoms with E-state index in [0.717, 1.165) is 11.1 Å². The van der Waals surface area contributed by atoms with Gasteiger partial charge < -0.3 is 34.9 Å². The van der Waals surface area contributed by atoms with Crippen LogP contribution in [0, 0.1) is 11.8 Å². The SMILES string of the molecule is COCCOCCOCCS[C@@H](CCc1ccccc1)C(=O)NC(CC(C)C)C(=O)N[C@@H](Cc1ccccc1)C(=O)N[C@@H](CC(C)C)C(=O)[C@@]1(C)CO1. The van der Waals surface area contributed by atoms with E-state index < -0.39 is 40.8 Å². The molecule has 2 aromatic carbocycles. The van der Waals surface area contributed by atoms with Gasteiger partial charge in [0.25, 0.3) is 0 Å². The molecular weight excluding hydrogens is 695 g/mol. The zero-order chi connectivity index (χ0) is 38.6. The maximum atomic E-state index is 14.1. The Morgan fingerprint density at radius 3 is 1.81 bits per heavy atom. The Morgan fingerprint density at radius 2 is 1.23 bits per heavy atom. The summed E-state index contributed by atoms with van der Waals surface area (Å²) >= 11 is 1.50. The molecule has 1 heterocycles. The van der Waals surface area contributed by atoms with Crippen molar-refractivity contribution in [3.05, 3.63) is 71.8 Å². The Hall–Kier alpha value is -3.29. The lowest BCUT2D eigenvalue weighted by atomic mass is 9.93. The van der Waals surface area contributed by atoms with Crippen molar-refractivity contribution in [2.45, 2.75) is 95.7 Å². The van der Waals surface area contributed by atoms with Gasteiger partial charge in [0, 0.05) is 19.3 Å². The fraction of sp³-hybridized carbons (Fsp3) is 0.610. The van der Waals surface area contributed by atoms with Crippen LogP contribution in [-0.2, 0) is 51.0 Å². The first-order valence-corrected chi connectivity index (χ1v) is 19.9. The van der Waals surface area contributed by atoms with Crippen molar-refractivity contribution in [2.75, 3.05) is 52.5 Å². The highest BCUT2D eigenvalue weighted by molar-refractivity contribution is 8.00. The number of hydrogen-bond acceptors (Lipinski definition) is 9. The summed E-state index contributed by atoms with van der Waals surface area (Å²) < 4.78 is 21.6. The van der Waals surface area contributed by atoms with Gasteiger partial charge in [-0.2, -0.15) is 0 Å². The molecular formula is C41H61N3O8S. The first-order chi connectivity index (χ1) is 25.4. The Bertz CT molecular complexity index is 1390. The van der Waals surface area contributed by atoms with Crippen molar-refractivity contribution in [3.8, 4) is 0 Å². The van der Waals surface area contributed by atoms with Crippen LogP contribution in [0.25, 0.3) is 0 Å². The molecule has 0 bridgehead atoms. The summed E-state index contributed by atoms with van der Waals surface area (Å²) in [6.45, 7) is 12.4. The van der Waals surface area contributed by atoms with Gasteiger partial charge in [0.2, 0.25) is 17.7 Å². The molecule has 3 N–H and O–H groups in total. The summed E-state index contributed by atoms with van der Waals surface area (Å²) in [7, 11) is 1.63. The number of methoxy groups -OCH3 is 1. The normalized spacial score (nSPS) is 17.5. The Labute approximate surface area is 320 Å². The van der Waals surface area contributed by atoms with Gasteiger partial charge in [-0.3, -0.25) is 19.2 Å². The van der Waals surface area contributed by atoms with Gasteiger partial charge in [0.15, 0.2) is 5.78 Å². The minimum atomic E-state index is -0.981. The van der Waals surface area contributed by atoms with Crippen molar-refractivity contribution < 1.29 is 38.1 Å². The molecule has 0 aliphatic carbocycles. The van der Waals surface area contributed by atoms with Crippen LogP contribution >= 0.6 is 11.8 Å². The third-order valence-electron chi connectivity index (χ3n) is 8.88. The number of amides is 3. The van der Waals surface area contributed by atoms with E-state index in [9.17, 15) is 19.2 Å². The first-order valence-electron chi connectivity index (χ1n) is 18.8. The highest BCUT2D eigenvalue weighted by atomic mass is 32.2. The van der Waals surface area contributed by atoms with Crippen LogP contribution in [0.4, 0.5) is 0 Å². The molecule has 3 rings (SSSR count). The third kappa shape index (κ3) is 16.7. The molecule has 1 saturated heterocycles. The molecule has 1 fully saturated rings. The predicted octanol–water partition coefficient (Wildman–Crippen LogP) is 4.55. The number of hydrogen-bond donors (Lipinski definition) is 3. The van der Waals surface area contributed by atoms with Gasteiger partial charge >= 0.3 is 0 Å². The van der Waals surface area contributed by atoms with Crippen molar-refractivity contribution in [3.63, 3.8) is 0 Å². The number of rotatable bonds is 27. The van der Waals surface area contributed by atoms with E-state index in [1.807, 2.05) is 88.4 Å². The van der Waals surface area contributed by atoms with Crippen molar-refractivity contribution in [1.82, 2.24) is 16.0 Å². The maximum absolute atomic E-state index is 14.1. The van der Waals surface area contributed by atoms with Crippen LogP contribution in [0.15, 0.2) is 60.7 Å². The standard InChI is InChI=1S/C41H61N3O8S/c1-29(2)25-33(37(45)41(5)28-52-41)42-39(47)35(27-32-15-11-8-12-16-32)43-38(46)34(26-30(3)4)44-40(48)36(18-17-31-13-9-7-10-14-31)53-24-23-51-22-21-50-20-19-49-6/h7-16,29-30,33-36H,17-28H2,1-6H3,(H,42,47)(H,43,46)(H,44,48)/t33-,34?,35-,36-,41+/m0/s1. The summed E-state index contributed by atoms with van der Waals surface area (Å²) in [5.74, 6) is -0.510. The molecule has 5 atom stereocenters. The predicted molar refractivity (Wildman–Crippen MR) is 209 cm³/mol. The highest BCUT2D eigenvalue weighted by Crippen LogP contribution is 2.30. The van der Waals surface area contributed by atoms with Gasteiger partial charge in [-0.25, -0.2) is 0 Å². The second-order valence-corrected chi connectivity index (χ2v) is 15.9. The average Bonchev–Trinajstić information content (AvgIpc) is 3.89. The number of carbonyl (C=O) groups is 4. The molecule has 3 amide bonds. The molecule has 11 nitrogen and oxygen atoms in total. The van der Waals surface area contributed by atoms with Crippen molar-refractivity contribution in [2.24, 2.45) is 11.8 Å². The van der Waals surface area contributed by atoms with Crippen LogP contribution < -0.4 is 16.0 Å². The quantitative estimate of drug-likeness (QED) is 0.0884. The number of nitrogens with one attached hydrogen (secondary N) is 3. The van der Waals surface area contributed by atoms with Crippen molar-refractivity contribution >= 4 is 35.3 Å². The number of aryl methyl sites for hydroxylation is 1. The molecule has 294 valence electrons. The highest BCUT2D eigenvalue weighted by Gasteiger charge is 2.50. The second kappa shape index (κ2) is 23.5. The molecule has 0 saturated carbocycles. The van der Waals surface area contributed by atoms with E-state index in [0.29, 0.717) is 71.1 Å². The zero-order valence-electron chi connectivity index (χ0n) is 32.4. The largest absolute Gasteiger partial charge is 0.382 e. The minimum absolute atomic E-state index is 0.0784. The number of thioether (sulfide) groups is 1. The summed E-state index contributed by atoms with van der Waals surface area (Å²) in [6.07, 6.45) is 2.30. The molecule has 1 aliphatic rings. The maximum Gasteiger partial charge on any atom is 0.243 e. The van der Waals surface area contributed by atoms with E-state index >= 15 is 0 Å². The number of Topliss-reactive ketones (excluding diaryl/α,β-unsaturated/α-hetero) is 1. The number of epoxide rings is 1. The lowest BCUT2D eigenvalue weighted by molar-refractivity contribution is -0.134. The zero-order valence-corrected chi connectivity index (χ0v) is 33.2. The monoisotopic (exact) mass is 755 g/mol. The average molecular weight is 756 g/mol. The second-order valence-electron chi connectivity index (χ2n) is 14.6. The smallest absolute Gasteiger partial charge is 0.243 e. The fourth-order valence-electron chi connectivity index (χ4n) is 5.84. The molecule has 0 aromatic heterocycles. The molecule has 53 heavy (non-hydrogen) atoms. The lowest BCUT2D eigenvalue weighted by Crippen LogP contribution is -2.58. The van der Waals surface area contributed by atoms with Crippen LogP contribution in [0.2, 0.25) is 0 Å². The van der Waals surface area contributed by atoms with Gasteiger partial charge in [-0.1, -0.05) is 88.4 Å². The summed E-state index contributed by atoms with van der Waals surface area (Å²) in [5.41, 5.74) is 1.07. The summed E-state index contributed by atoms with van der Waals surface area (Å²) in [5, 5.41) is 8.50. The van der Waals surface area contributed by atoms with Gasteiger partial charge in [0.1, 0.15) is 17.7 Å². The molecule has 12 heteroatoms. The topological polar surface area (TPSA) is 145 Å². The number of ether oxygens (including phenoxy) is 4. The van der Waals surface area contributed by atoms with E-state index in [1.165, 1.54) is 11.8 Å². The first kappa shape index (κ1) is 44.1. The van der Waals surface area contributed by atoms with Gasteiger partial charge in [-0.15, -0.1) is 11.8 Å². The van der Waals surface area contributed by atoms with Gasteiger partial charge in [0.05, 0.1) is 50.9 Å². The Kier molecular flexibility index (Phi) is 19.5. The fourth-order valence-corrected chi connectivity index (χ4v) is 6.84. The van der Waals surface area contributed by atoms with E-state index in [4.69, 9.17) is 18.9 Å². The molecule has 1 unspecified atom stereocenters.